The third-order valence-corrected chi connectivity index (χ3v) is 13.5. The maximum Gasteiger partial charge on any atom is -0.00882 e. The molecule has 0 fully saturated rings. The predicted molar refractivity (Wildman–Crippen MR) is 404 cm³/mol. The minimum Gasteiger partial charge on any atom is -0.0795 e. The summed E-state index contributed by atoms with van der Waals surface area (Å²) in [6.07, 6.45) is 44.0. The first kappa shape index (κ1) is 77.7. The predicted octanol–water partition coefficient (Wildman–Crippen LogP) is 26.3. The lowest BCUT2D eigenvalue weighted by atomic mass is 10.1. The fourth-order valence-electron chi connectivity index (χ4n) is 9.56. The van der Waals surface area contributed by atoms with Gasteiger partial charge in [-0.05, 0) is 140 Å². The van der Waals surface area contributed by atoms with Gasteiger partial charge in [0, 0.05) is 0 Å². The molecule has 0 radical (unpaired) electrons. The van der Waals surface area contributed by atoms with Crippen LogP contribution in [0.15, 0.2) is 243 Å². The number of hydrogen-bond acceptors (Lipinski definition) is 0. The van der Waals surface area contributed by atoms with Crippen molar-refractivity contribution >= 4 is 48.6 Å². The monoisotopic (exact) mass is 1170 g/mol. The highest BCUT2D eigenvalue weighted by molar-refractivity contribution is 5.64. The molecule has 16 rings (SSSR count). The number of hydrogen-bond donors (Lipinski definition) is 0. The van der Waals surface area contributed by atoms with E-state index in [1.54, 1.807) is 0 Å². The van der Waals surface area contributed by atoms with E-state index in [9.17, 15) is 0 Å². The van der Waals surface area contributed by atoms with E-state index in [1.165, 1.54) is 89.0 Å². The molecule has 0 aliphatic heterocycles. The average molecular weight is 1170 g/mol. The Hall–Kier alpha value is -8.32. The summed E-state index contributed by atoms with van der Waals surface area (Å²) in [5, 5.41) is 0. The van der Waals surface area contributed by atoms with Crippen LogP contribution in [-0.4, -0.2) is 0 Å². The molecule has 0 atom stereocenters. The van der Waals surface area contributed by atoms with Crippen LogP contribution < -0.4 is 0 Å². The Morgan fingerprint density at radius 2 is 0.227 bits per heavy atom. The highest BCUT2D eigenvalue weighted by Gasteiger charge is 2.05. The molecule has 8 aromatic carbocycles. The summed E-state index contributed by atoms with van der Waals surface area (Å²) in [7, 11) is 0. The Morgan fingerprint density at radius 1 is 0.136 bits per heavy atom. The molecule has 8 aliphatic carbocycles. The Morgan fingerprint density at radius 3 is 0.318 bits per heavy atom. The largest absolute Gasteiger partial charge is 0.0795 e. The van der Waals surface area contributed by atoms with Crippen molar-refractivity contribution in [2.24, 2.45) is 0 Å². The second-order valence-corrected chi connectivity index (χ2v) is 18.4. The van der Waals surface area contributed by atoms with Gasteiger partial charge in [-0.25, -0.2) is 0 Å². The maximum atomic E-state index is 2.20. The molecule has 0 heterocycles. The summed E-state index contributed by atoms with van der Waals surface area (Å²) in [6, 6.07) is 68.0. The third-order valence-electron chi connectivity index (χ3n) is 13.5. The molecular formula is C88H112. The van der Waals surface area contributed by atoms with Gasteiger partial charge >= 0.3 is 0 Å². The molecule has 8 aliphatic rings. The summed E-state index contributed by atoms with van der Waals surface area (Å²) in [6.45, 7) is 32.0. The average Bonchev–Trinajstić information content (AvgIpc) is 4.51. The molecule has 0 saturated carbocycles. The van der Waals surface area contributed by atoms with Crippen molar-refractivity contribution in [3.05, 3.63) is 332 Å². The molecule has 0 spiro atoms. The molecule has 0 aromatic heterocycles. The lowest BCUT2D eigenvalue weighted by Gasteiger charge is -1.93. The Labute approximate surface area is 539 Å². The summed E-state index contributed by atoms with van der Waals surface area (Å²) >= 11 is 0. The number of rotatable bonds is 0. The maximum absolute atomic E-state index is 2.20. The van der Waals surface area contributed by atoms with Gasteiger partial charge in [0.1, 0.15) is 0 Å². The molecule has 88 heavy (non-hydrogen) atoms. The van der Waals surface area contributed by atoms with Crippen molar-refractivity contribution in [3.63, 3.8) is 0 Å². The first-order valence-electron chi connectivity index (χ1n) is 33.7. The van der Waals surface area contributed by atoms with E-state index >= 15 is 0 Å². The molecule has 0 N–H and O–H groups in total. The number of benzene rings is 8. The standard InChI is InChI=1S/8C9H8.8C2H6/c8*1-2-5-9-7-3-6-8(9)4-1;8*1-2/h8*1-6H,7H2;8*1-2H3. The van der Waals surface area contributed by atoms with Crippen molar-refractivity contribution in [2.75, 3.05) is 0 Å². The second kappa shape index (κ2) is 51.9. The van der Waals surface area contributed by atoms with Crippen LogP contribution >= 0.6 is 0 Å². The van der Waals surface area contributed by atoms with Gasteiger partial charge in [0.05, 0.1) is 0 Å². The zero-order valence-corrected chi connectivity index (χ0v) is 57.4. The van der Waals surface area contributed by atoms with E-state index < -0.39 is 0 Å². The van der Waals surface area contributed by atoms with Gasteiger partial charge in [0.15, 0.2) is 0 Å². The fraction of sp³-hybridized carbons (Fsp3) is 0.273. The van der Waals surface area contributed by atoms with E-state index in [4.69, 9.17) is 0 Å². The topological polar surface area (TPSA) is 0 Å². The van der Waals surface area contributed by atoms with Crippen molar-refractivity contribution in [2.45, 2.75) is 162 Å². The van der Waals surface area contributed by atoms with Gasteiger partial charge in [-0.1, -0.05) is 402 Å². The van der Waals surface area contributed by atoms with Crippen LogP contribution in [0.5, 0.6) is 0 Å². The van der Waals surface area contributed by atoms with E-state index in [0.29, 0.717) is 0 Å². The van der Waals surface area contributed by atoms with Crippen molar-refractivity contribution in [1.82, 2.24) is 0 Å². The Balaban J connectivity index is 0.000000486. The smallest absolute Gasteiger partial charge is 0.00882 e. The SMILES string of the molecule is C1=Cc2ccccc2C1.C1=Cc2ccccc2C1.C1=Cc2ccccc2C1.C1=Cc2ccccc2C1.C1=Cc2ccccc2C1.C1=Cc2ccccc2C1.C1=Cc2ccccc2C1.C1=Cc2ccccc2C1.CC.CC.CC.CC.CC.CC.CC.CC. The van der Waals surface area contributed by atoms with Gasteiger partial charge in [-0.3, -0.25) is 0 Å². The second-order valence-electron chi connectivity index (χ2n) is 18.4. The molecular weight excluding hydrogens is 1060 g/mol. The first-order valence-corrected chi connectivity index (χ1v) is 33.7. The molecule has 0 saturated heterocycles. The summed E-state index contributed by atoms with van der Waals surface area (Å²) in [5.41, 5.74) is 22.7. The molecule has 0 bridgehead atoms. The highest BCUT2D eigenvalue weighted by Crippen LogP contribution is 2.23. The third kappa shape index (κ3) is 28.0. The fourth-order valence-corrected chi connectivity index (χ4v) is 9.56. The van der Waals surface area contributed by atoms with Crippen molar-refractivity contribution in [3.8, 4) is 0 Å². The van der Waals surface area contributed by atoms with Crippen LogP contribution in [0.25, 0.3) is 48.6 Å². The number of allylic oxidation sites excluding steroid dienone is 8. The molecule has 8 aromatic rings. The van der Waals surface area contributed by atoms with Crippen LogP contribution in [0.3, 0.4) is 0 Å². The van der Waals surface area contributed by atoms with Crippen LogP contribution in [0.2, 0.25) is 0 Å². The molecule has 0 heteroatoms. The first-order chi connectivity index (χ1) is 43.7. The van der Waals surface area contributed by atoms with Crippen LogP contribution in [-0.2, 0) is 51.4 Å². The normalized spacial score (nSPS) is 11.8. The van der Waals surface area contributed by atoms with Gasteiger partial charge in [0.25, 0.3) is 0 Å². The van der Waals surface area contributed by atoms with E-state index in [0.717, 1.165) is 51.4 Å². The zero-order chi connectivity index (χ0) is 64.8. The van der Waals surface area contributed by atoms with E-state index in [1.807, 2.05) is 111 Å². The summed E-state index contributed by atoms with van der Waals surface area (Å²) < 4.78 is 0. The molecule has 464 valence electrons. The van der Waals surface area contributed by atoms with E-state index in [-0.39, 0.29) is 0 Å². The van der Waals surface area contributed by atoms with Crippen LogP contribution in [0.4, 0.5) is 0 Å². The van der Waals surface area contributed by atoms with Crippen LogP contribution in [0, 0.1) is 0 Å². The summed E-state index contributed by atoms with van der Waals surface area (Å²) in [5.74, 6) is 0. The molecule has 0 nitrogen and oxygen atoms in total. The minimum atomic E-state index is 1.12. The van der Waals surface area contributed by atoms with Gasteiger partial charge in [-0.2, -0.15) is 0 Å². The molecule has 0 unspecified atom stereocenters. The number of fused-ring (bicyclic) bond motifs is 8. The zero-order valence-electron chi connectivity index (χ0n) is 57.4. The van der Waals surface area contributed by atoms with Crippen molar-refractivity contribution < 1.29 is 0 Å². The lowest BCUT2D eigenvalue weighted by Crippen LogP contribution is -1.76. The summed E-state index contributed by atoms with van der Waals surface area (Å²) in [4.78, 5) is 0. The quantitative estimate of drug-likeness (QED) is 0.142. The van der Waals surface area contributed by atoms with E-state index in [2.05, 4.69) is 291 Å². The minimum absolute atomic E-state index is 1.12. The van der Waals surface area contributed by atoms with Crippen LogP contribution in [0.1, 0.15) is 200 Å². The van der Waals surface area contributed by atoms with Crippen molar-refractivity contribution in [1.29, 1.82) is 0 Å². The Kier molecular flexibility index (Phi) is 45.8. The Bertz CT molecular complexity index is 2630. The van der Waals surface area contributed by atoms with Gasteiger partial charge < -0.3 is 0 Å². The van der Waals surface area contributed by atoms with Gasteiger partial charge in [0.2, 0.25) is 0 Å². The lowest BCUT2D eigenvalue weighted by molar-refractivity contribution is 1.31. The molecule has 0 amide bonds. The highest BCUT2D eigenvalue weighted by atomic mass is 14.1. The van der Waals surface area contributed by atoms with Gasteiger partial charge in [-0.15, -0.1) is 0 Å².